The number of ether oxygens (including phenoxy) is 1. The van der Waals surface area contributed by atoms with Gasteiger partial charge in [-0.1, -0.05) is 113 Å². The molecule has 1 fully saturated rings. The molecule has 2 aromatic heterocycles. The Hall–Kier alpha value is -4.86. The lowest BCUT2D eigenvalue weighted by molar-refractivity contribution is -0.118. The lowest BCUT2D eigenvalue weighted by atomic mass is 10.0. The number of hydrogen-bond donors (Lipinski definition) is 2. The number of aryl methyl sites for hydroxylation is 1. The van der Waals surface area contributed by atoms with Crippen LogP contribution in [0.4, 0.5) is 11.5 Å². The normalized spacial score (nSPS) is 12.9. The third kappa shape index (κ3) is 9.92. The molecule has 0 aliphatic carbocycles. The highest BCUT2D eigenvalue weighted by Crippen LogP contribution is 2.27. The van der Waals surface area contributed by atoms with E-state index in [0.717, 1.165) is 49.2 Å². The minimum absolute atomic E-state index is 0.0888. The van der Waals surface area contributed by atoms with Crippen LogP contribution in [0.3, 0.4) is 0 Å². The largest absolute Gasteiger partial charge is 0.484 e. The Morgan fingerprint density at radius 3 is 2.19 bits per heavy atom. The van der Waals surface area contributed by atoms with E-state index in [1.807, 2.05) is 54.6 Å². The zero-order valence-electron chi connectivity index (χ0n) is 30.8. The van der Waals surface area contributed by atoms with Gasteiger partial charge in [0, 0.05) is 18.8 Å². The van der Waals surface area contributed by atoms with Crippen LogP contribution in [-0.2, 0) is 11.2 Å². The quantitative estimate of drug-likeness (QED) is 0.0737. The maximum atomic E-state index is 13.9. The fraction of sp³-hybridized carbons (Fsp3) is 0.476. The molecule has 10 heteroatoms. The van der Waals surface area contributed by atoms with Crippen molar-refractivity contribution >= 4 is 28.4 Å². The second-order valence-electron chi connectivity index (χ2n) is 14.2. The van der Waals surface area contributed by atoms with Crippen molar-refractivity contribution < 1.29 is 9.53 Å². The molecule has 1 saturated heterocycles. The molecule has 1 aliphatic heterocycles. The summed E-state index contributed by atoms with van der Waals surface area (Å²) in [6, 6.07) is 22.9. The van der Waals surface area contributed by atoms with Crippen molar-refractivity contribution in [2.75, 3.05) is 29.9 Å². The zero-order valence-corrected chi connectivity index (χ0v) is 30.8. The first kappa shape index (κ1) is 36.9. The van der Waals surface area contributed by atoms with Gasteiger partial charge in [0.05, 0.1) is 11.2 Å². The first-order valence-corrected chi connectivity index (χ1v) is 19.6. The number of unbranched alkanes of at least 4 members (excludes halogenated alkanes) is 12. The lowest BCUT2D eigenvalue weighted by Crippen LogP contribution is -2.22. The summed E-state index contributed by atoms with van der Waals surface area (Å²) in [6.07, 6.45) is 20.7. The third-order valence-electron chi connectivity index (χ3n) is 10.1. The van der Waals surface area contributed by atoms with Gasteiger partial charge in [0.2, 0.25) is 0 Å². The minimum Gasteiger partial charge on any atom is -0.484 e. The molecule has 3 aromatic carbocycles. The maximum absolute atomic E-state index is 13.9. The molecule has 6 rings (SSSR count). The Labute approximate surface area is 307 Å². The van der Waals surface area contributed by atoms with E-state index in [2.05, 4.69) is 38.6 Å². The summed E-state index contributed by atoms with van der Waals surface area (Å²) < 4.78 is 9.01. The summed E-state index contributed by atoms with van der Waals surface area (Å²) in [5, 5.41) is 14.9. The summed E-state index contributed by atoms with van der Waals surface area (Å²) in [5.74, 6) is 1.18. The predicted molar refractivity (Wildman–Crippen MR) is 210 cm³/mol. The lowest BCUT2D eigenvalue weighted by Gasteiger charge is -2.16. The molecular formula is C42H55N7O3. The molecule has 1 aliphatic rings. The number of nitrogens with zero attached hydrogens (tertiary/aromatic N) is 5. The number of fused-ring (bicyclic) bond motifs is 1. The Bertz CT molecular complexity index is 1900. The topological polar surface area (TPSA) is 110 Å². The van der Waals surface area contributed by atoms with Crippen molar-refractivity contribution in [3.8, 4) is 17.1 Å². The SMILES string of the molecule is CCCCCCCCCCCCCCCc1cccc(OCC(=O)Nc2ccc(-n3[nH]c(N4CCCC4)c(-n4nnc5ccccc54)c3=O)cc2)c1. The molecule has 2 N–H and O–H groups in total. The summed E-state index contributed by atoms with van der Waals surface area (Å²) in [7, 11) is 0. The van der Waals surface area contributed by atoms with Crippen LogP contribution in [-0.4, -0.2) is 50.4 Å². The second kappa shape index (κ2) is 19.1. The van der Waals surface area contributed by atoms with Crippen LogP contribution in [0.5, 0.6) is 5.75 Å². The van der Waals surface area contributed by atoms with Crippen molar-refractivity contribution in [3.63, 3.8) is 0 Å². The number of aromatic amines is 1. The Morgan fingerprint density at radius 1 is 0.808 bits per heavy atom. The number of H-pyrrole nitrogens is 1. The average molecular weight is 706 g/mol. The van der Waals surface area contributed by atoms with Crippen LogP contribution in [0.25, 0.3) is 22.4 Å². The number of carbonyl (C=O) groups excluding carboxylic acids is 1. The number of rotatable bonds is 21. The van der Waals surface area contributed by atoms with E-state index in [4.69, 9.17) is 4.74 Å². The third-order valence-corrected chi connectivity index (χ3v) is 10.1. The molecule has 5 aromatic rings. The minimum atomic E-state index is -0.247. The Morgan fingerprint density at radius 2 is 1.48 bits per heavy atom. The smallest absolute Gasteiger partial charge is 0.299 e. The number of amides is 1. The molecule has 52 heavy (non-hydrogen) atoms. The standard InChI is InChI=1S/C42H55N7O3/c1-2-3-4-5-6-7-8-9-10-11-12-13-14-20-33-21-19-22-36(31-33)52-32-39(50)43-34-25-27-35(28-26-34)48-42(51)40(41(45-48)47-29-17-18-30-47)49-38-24-16-15-23-37(38)44-46-49/h15-16,19,21-28,31,45H,2-14,17-18,20,29-30,32H2,1H3,(H,43,50). The molecular weight excluding hydrogens is 651 g/mol. The molecule has 10 nitrogen and oxygen atoms in total. The van der Waals surface area contributed by atoms with Crippen LogP contribution in [0.1, 0.15) is 109 Å². The van der Waals surface area contributed by atoms with Gasteiger partial charge in [-0.25, -0.2) is 9.36 Å². The van der Waals surface area contributed by atoms with Gasteiger partial charge in [-0.3, -0.25) is 14.7 Å². The van der Waals surface area contributed by atoms with Gasteiger partial charge in [-0.05, 0) is 79.8 Å². The molecule has 0 saturated carbocycles. The maximum Gasteiger partial charge on any atom is 0.299 e. The van der Waals surface area contributed by atoms with E-state index in [1.165, 1.54) is 93.7 Å². The molecule has 0 spiro atoms. The van der Waals surface area contributed by atoms with Crippen molar-refractivity contribution in [2.24, 2.45) is 0 Å². The first-order valence-electron chi connectivity index (χ1n) is 19.6. The van der Waals surface area contributed by atoms with Crippen molar-refractivity contribution in [1.29, 1.82) is 0 Å². The van der Waals surface area contributed by atoms with Crippen LogP contribution in [0, 0.1) is 0 Å². The van der Waals surface area contributed by atoms with Gasteiger partial charge >= 0.3 is 0 Å². The van der Waals surface area contributed by atoms with Crippen LogP contribution < -0.4 is 20.5 Å². The van der Waals surface area contributed by atoms with Crippen LogP contribution in [0.2, 0.25) is 0 Å². The number of carbonyl (C=O) groups is 1. The fourth-order valence-corrected chi connectivity index (χ4v) is 7.16. The van der Waals surface area contributed by atoms with E-state index in [-0.39, 0.29) is 18.1 Å². The van der Waals surface area contributed by atoms with E-state index in [9.17, 15) is 9.59 Å². The molecule has 0 bridgehead atoms. The number of benzene rings is 3. The summed E-state index contributed by atoms with van der Waals surface area (Å²) in [5.41, 5.74) is 4.23. The van der Waals surface area contributed by atoms with Crippen molar-refractivity contribution in [2.45, 2.75) is 110 Å². The van der Waals surface area contributed by atoms with Crippen molar-refractivity contribution in [1.82, 2.24) is 24.8 Å². The summed E-state index contributed by atoms with van der Waals surface area (Å²) in [4.78, 5) is 28.9. The molecule has 276 valence electrons. The van der Waals surface area contributed by atoms with Gasteiger partial charge in [-0.2, -0.15) is 0 Å². The number of aromatic nitrogens is 5. The second-order valence-corrected chi connectivity index (χ2v) is 14.2. The van der Waals surface area contributed by atoms with E-state index < -0.39 is 0 Å². The fourth-order valence-electron chi connectivity index (χ4n) is 7.16. The molecule has 0 unspecified atom stereocenters. The van der Waals surface area contributed by atoms with Gasteiger partial charge < -0.3 is 15.0 Å². The van der Waals surface area contributed by atoms with E-state index >= 15 is 0 Å². The Balaban J connectivity index is 0.956. The number of para-hydroxylation sites is 1. The van der Waals surface area contributed by atoms with Gasteiger partial charge in [0.1, 0.15) is 11.3 Å². The van der Waals surface area contributed by atoms with Crippen LogP contribution in [0.15, 0.2) is 77.6 Å². The number of hydrogen-bond acceptors (Lipinski definition) is 6. The van der Waals surface area contributed by atoms with Crippen molar-refractivity contribution in [3.05, 3.63) is 88.7 Å². The monoisotopic (exact) mass is 705 g/mol. The summed E-state index contributed by atoms with van der Waals surface area (Å²) >= 11 is 0. The van der Waals surface area contributed by atoms with Gasteiger partial charge in [0.25, 0.3) is 11.5 Å². The summed E-state index contributed by atoms with van der Waals surface area (Å²) in [6.45, 7) is 3.90. The molecule has 0 radical (unpaired) electrons. The molecule has 1 amide bonds. The van der Waals surface area contributed by atoms with E-state index in [1.54, 1.807) is 16.8 Å². The first-order chi connectivity index (χ1) is 25.6. The zero-order chi connectivity index (χ0) is 36.0. The van der Waals surface area contributed by atoms with Gasteiger partial charge in [0.15, 0.2) is 18.1 Å². The average Bonchev–Trinajstić information content (AvgIpc) is 3.93. The highest BCUT2D eigenvalue weighted by atomic mass is 16.5. The number of anilines is 2. The van der Waals surface area contributed by atoms with E-state index in [0.29, 0.717) is 22.8 Å². The van der Waals surface area contributed by atoms with Crippen LogP contribution >= 0.6 is 0 Å². The Kier molecular flexibility index (Phi) is 13.6. The highest BCUT2D eigenvalue weighted by molar-refractivity contribution is 5.92. The van der Waals surface area contributed by atoms with Gasteiger partial charge in [-0.15, -0.1) is 5.10 Å². The molecule has 0 atom stereocenters. The highest BCUT2D eigenvalue weighted by Gasteiger charge is 2.26. The number of nitrogens with one attached hydrogen (secondary N) is 2. The molecule has 3 heterocycles. The predicted octanol–water partition coefficient (Wildman–Crippen LogP) is 9.15.